The van der Waals surface area contributed by atoms with E-state index in [4.69, 9.17) is 18.9 Å². The third kappa shape index (κ3) is 9.62. The lowest BCUT2D eigenvalue weighted by Gasteiger charge is -2.20. The molecule has 2 aromatic rings. The van der Waals surface area contributed by atoms with Crippen LogP contribution < -0.4 is 4.74 Å². The lowest BCUT2D eigenvalue weighted by molar-refractivity contribution is -0.00489. The third-order valence-electron chi connectivity index (χ3n) is 4.92. The zero-order valence-electron chi connectivity index (χ0n) is 18.2. The Morgan fingerprint density at radius 1 is 0.724 bits per heavy atom. The van der Waals surface area contributed by atoms with Crippen molar-refractivity contribution in [3.8, 4) is 5.75 Å². The molecule has 0 aliphatic carbocycles. The molecule has 0 amide bonds. The fourth-order valence-electron chi connectivity index (χ4n) is 3.33. The van der Waals surface area contributed by atoms with Crippen LogP contribution in [0.5, 0.6) is 5.75 Å². The molecule has 0 N–H and O–H groups in total. The fraction of sp³-hybridized carbons (Fsp3) is 0.600. The predicted molar refractivity (Wildman–Crippen MR) is 120 cm³/mol. The maximum absolute atomic E-state index is 6.41. The smallest absolute Gasteiger partial charge is 0.127 e. The SMILES string of the molecule is CCCCCCCC(COCCOCCOCC)Oc1cccc2ccccc12. The highest BCUT2D eigenvalue weighted by Gasteiger charge is 2.13. The first-order valence-corrected chi connectivity index (χ1v) is 11.2. The zero-order chi connectivity index (χ0) is 20.6. The second kappa shape index (κ2) is 15.3. The molecule has 1 atom stereocenters. The molecule has 0 radical (unpaired) electrons. The molecule has 2 aromatic carbocycles. The summed E-state index contributed by atoms with van der Waals surface area (Å²) in [5, 5.41) is 2.36. The van der Waals surface area contributed by atoms with Crippen LogP contribution in [0.25, 0.3) is 10.8 Å². The Bertz CT molecular complexity index is 653. The lowest BCUT2D eigenvalue weighted by atomic mass is 10.1. The predicted octanol–water partition coefficient (Wildman–Crippen LogP) is 6.02. The molecule has 0 saturated carbocycles. The zero-order valence-corrected chi connectivity index (χ0v) is 18.2. The van der Waals surface area contributed by atoms with E-state index in [0.29, 0.717) is 33.0 Å². The molecular weight excluding hydrogens is 364 g/mol. The maximum Gasteiger partial charge on any atom is 0.127 e. The second-order valence-corrected chi connectivity index (χ2v) is 7.30. The van der Waals surface area contributed by atoms with E-state index in [0.717, 1.165) is 24.2 Å². The molecule has 0 aliphatic heterocycles. The van der Waals surface area contributed by atoms with E-state index in [1.165, 1.54) is 37.5 Å². The summed E-state index contributed by atoms with van der Waals surface area (Å²) in [4.78, 5) is 0. The molecular formula is C25H38O4. The molecule has 0 aromatic heterocycles. The molecule has 0 aliphatic rings. The highest BCUT2D eigenvalue weighted by atomic mass is 16.6. The molecule has 0 heterocycles. The number of fused-ring (bicyclic) bond motifs is 1. The van der Waals surface area contributed by atoms with Gasteiger partial charge in [-0.15, -0.1) is 0 Å². The average Bonchev–Trinajstić information content (AvgIpc) is 2.75. The van der Waals surface area contributed by atoms with Crippen LogP contribution in [0.3, 0.4) is 0 Å². The average molecular weight is 403 g/mol. The van der Waals surface area contributed by atoms with E-state index < -0.39 is 0 Å². The Balaban J connectivity index is 1.82. The summed E-state index contributed by atoms with van der Waals surface area (Å²) >= 11 is 0. The standard InChI is InChI=1S/C25H38O4/c1-3-5-6-7-8-14-23(21-28-20-19-27-18-17-26-4-2)29-25-16-11-13-22-12-9-10-15-24(22)25/h9-13,15-16,23H,3-8,14,17-21H2,1-2H3. The second-order valence-electron chi connectivity index (χ2n) is 7.30. The topological polar surface area (TPSA) is 36.9 Å². The molecule has 0 spiro atoms. The van der Waals surface area contributed by atoms with Crippen LogP contribution in [0.15, 0.2) is 42.5 Å². The van der Waals surface area contributed by atoms with Gasteiger partial charge in [-0.25, -0.2) is 0 Å². The van der Waals surface area contributed by atoms with Gasteiger partial charge in [-0.05, 0) is 31.2 Å². The van der Waals surface area contributed by atoms with Gasteiger partial charge in [0.1, 0.15) is 11.9 Å². The molecule has 4 heteroatoms. The quantitative estimate of drug-likeness (QED) is 0.303. The summed E-state index contributed by atoms with van der Waals surface area (Å²) in [6.07, 6.45) is 7.37. The van der Waals surface area contributed by atoms with Crippen molar-refractivity contribution in [2.45, 2.75) is 58.5 Å². The number of rotatable bonds is 17. The van der Waals surface area contributed by atoms with Crippen LogP contribution in [-0.4, -0.2) is 45.7 Å². The summed E-state index contributed by atoms with van der Waals surface area (Å²) in [5.41, 5.74) is 0. The van der Waals surface area contributed by atoms with Crippen LogP contribution >= 0.6 is 0 Å². The van der Waals surface area contributed by atoms with Gasteiger partial charge in [0.25, 0.3) is 0 Å². The molecule has 162 valence electrons. The Morgan fingerprint density at radius 3 is 2.28 bits per heavy atom. The first-order chi connectivity index (χ1) is 14.3. The summed E-state index contributed by atoms with van der Waals surface area (Å²) < 4.78 is 23.1. The van der Waals surface area contributed by atoms with Gasteiger partial charge < -0.3 is 18.9 Å². The minimum Gasteiger partial charge on any atom is -0.487 e. The van der Waals surface area contributed by atoms with Crippen molar-refractivity contribution in [3.63, 3.8) is 0 Å². The number of ether oxygens (including phenoxy) is 4. The molecule has 0 bridgehead atoms. The molecule has 4 nitrogen and oxygen atoms in total. The molecule has 0 fully saturated rings. The van der Waals surface area contributed by atoms with Crippen LogP contribution in [0.1, 0.15) is 52.4 Å². The van der Waals surface area contributed by atoms with Crippen molar-refractivity contribution in [2.75, 3.05) is 39.6 Å². The maximum atomic E-state index is 6.41. The Morgan fingerprint density at radius 2 is 1.45 bits per heavy atom. The van der Waals surface area contributed by atoms with Crippen LogP contribution in [0.4, 0.5) is 0 Å². The van der Waals surface area contributed by atoms with Gasteiger partial charge in [0.05, 0.1) is 33.0 Å². The summed E-state index contributed by atoms with van der Waals surface area (Å²) in [7, 11) is 0. The van der Waals surface area contributed by atoms with Crippen molar-refractivity contribution in [2.24, 2.45) is 0 Å². The monoisotopic (exact) mass is 402 g/mol. The van der Waals surface area contributed by atoms with E-state index in [1.807, 2.05) is 6.92 Å². The number of unbranched alkanes of at least 4 members (excludes halogenated alkanes) is 4. The van der Waals surface area contributed by atoms with Gasteiger partial charge in [-0.3, -0.25) is 0 Å². The van der Waals surface area contributed by atoms with Gasteiger partial charge in [-0.2, -0.15) is 0 Å². The first-order valence-electron chi connectivity index (χ1n) is 11.2. The fourth-order valence-corrected chi connectivity index (χ4v) is 3.33. The number of benzene rings is 2. The molecule has 29 heavy (non-hydrogen) atoms. The summed E-state index contributed by atoms with van der Waals surface area (Å²) in [6, 6.07) is 14.6. The minimum absolute atomic E-state index is 0.0610. The van der Waals surface area contributed by atoms with Gasteiger partial charge in [-0.1, -0.05) is 69.0 Å². The normalized spacial score (nSPS) is 12.3. The lowest BCUT2D eigenvalue weighted by Crippen LogP contribution is -2.24. The number of hydrogen-bond donors (Lipinski definition) is 0. The first kappa shape index (κ1) is 23.7. The van der Waals surface area contributed by atoms with Crippen LogP contribution in [-0.2, 0) is 14.2 Å². The van der Waals surface area contributed by atoms with Crippen molar-refractivity contribution in [1.82, 2.24) is 0 Å². The van der Waals surface area contributed by atoms with Crippen molar-refractivity contribution in [3.05, 3.63) is 42.5 Å². The van der Waals surface area contributed by atoms with E-state index in [9.17, 15) is 0 Å². The Hall–Kier alpha value is -1.62. The third-order valence-corrected chi connectivity index (χ3v) is 4.92. The minimum atomic E-state index is 0.0610. The Labute approximate surface area is 176 Å². The summed E-state index contributed by atoms with van der Waals surface area (Å²) in [5.74, 6) is 0.943. The van der Waals surface area contributed by atoms with Gasteiger partial charge in [0.15, 0.2) is 0 Å². The van der Waals surface area contributed by atoms with E-state index in [-0.39, 0.29) is 6.10 Å². The van der Waals surface area contributed by atoms with Crippen LogP contribution in [0.2, 0.25) is 0 Å². The highest BCUT2D eigenvalue weighted by Crippen LogP contribution is 2.27. The van der Waals surface area contributed by atoms with Crippen molar-refractivity contribution in [1.29, 1.82) is 0 Å². The van der Waals surface area contributed by atoms with Crippen molar-refractivity contribution < 1.29 is 18.9 Å². The van der Waals surface area contributed by atoms with E-state index in [1.54, 1.807) is 0 Å². The molecule has 0 saturated heterocycles. The largest absolute Gasteiger partial charge is 0.487 e. The highest BCUT2D eigenvalue weighted by molar-refractivity contribution is 5.88. The van der Waals surface area contributed by atoms with Gasteiger partial charge >= 0.3 is 0 Å². The summed E-state index contributed by atoms with van der Waals surface area (Å²) in [6.45, 7) is 7.98. The molecule has 1 unspecified atom stereocenters. The van der Waals surface area contributed by atoms with E-state index >= 15 is 0 Å². The molecule has 2 rings (SSSR count). The van der Waals surface area contributed by atoms with Crippen LogP contribution in [0, 0.1) is 0 Å². The van der Waals surface area contributed by atoms with E-state index in [2.05, 4.69) is 49.4 Å². The number of hydrogen-bond acceptors (Lipinski definition) is 4. The van der Waals surface area contributed by atoms with Gasteiger partial charge in [0, 0.05) is 12.0 Å². The van der Waals surface area contributed by atoms with Gasteiger partial charge in [0.2, 0.25) is 0 Å². The van der Waals surface area contributed by atoms with Crippen molar-refractivity contribution >= 4 is 10.8 Å². The Kier molecular flexibility index (Phi) is 12.4.